The lowest BCUT2D eigenvalue weighted by molar-refractivity contribution is -0.137. The maximum atomic E-state index is 14.3. The highest BCUT2D eigenvalue weighted by molar-refractivity contribution is 5.95. The number of rotatable bonds is 9. The molecular weight excluding hydrogens is 478 g/mol. The van der Waals surface area contributed by atoms with E-state index in [0.717, 1.165) is 75.3 Å². The second kappa shape index (κ2) is 13.9. The van der Waals surface area contributed by atoms with Crippen LogP contribution in [0.2, 0.25) is 0 Å². The standard InChI is InChI=1S/C30H35F4N3/c1-3-6-26(20-24-9-5-8-22(12-13-24)10-11-23-16-18-35-19-17-23)36-29(7-4-2)37-28-21-25(30(32,33)34)14-15-27(28)31/h4,7-8,14-21,24H,3,5-6,9-13H2,1-2H3,(H,36,37)/b7-4-,26-20+. The molecule has 2 aromatic rings. The number of hydrogen-bond acceptors (Lipinski definition) is 2. The molecule has 1 heterocycles. The Balaban J connectivity index is 1.71. The first-order valence-corrected chi connectivity index (χ1v) is 12.9. The molecule has 0 bridgehead atoms. The molecule has 0 spiro atoms. The van der Waals surface area contributed by atoms with Crippen LogP contribution in [0.4, 0.5) is 23.2 Å². The van der Waals surface area contributed by atoms with Gasteiger partial charge in [0, 0.05) is 18.1 Å². The third-order valence-corrected chi connectivity index (χ3v) is 6.37. The average Bonchev–Trinajstić information content (AvgIpc) is 3.09. The molecule has 0 saturated carbocycles. The van der Waals surface area contributed by atoms with Crippen LogP contribution < -0.4 is 5.32 Å². The highest BCUT2D eigenvalue weighted by Crippen LogP contribution is 2.33. The number of amidine groups is 1. The van der Waals surface area contributed by atoms with Gasteiger partial charge in [0.2, 0.25) is 0 Å². The Morgan fingerprint density at radius 3 is 2.62 bits per heavy atom. The number of aryl methyl sites for hydroxylation is 1. The van der Waals surface area contributed by atoms with E-state index < -0.39 is 17.6 Å². The number of nitrogens with zero attached hydrogens (tertiary/aromatic N) is 2. The van der Waals surface area contributed by atoms with Crippen molar-refractivity contribution in [3.8, 4) is 0 Å². The van der Waals surface area contributed by atoms with Crippen molar-refractivity contribution < 1.29 is 17.6 Å². The van der Waals surface area contributed by atoms with E-state index in [1.54, 1.807) is 19.1 Å². The van der Waals surface area contributed by atoms with Gasteiger partial charge in [-0.3, -0.25) is 4.98 Å². The smallest absolute Gasteiger partial charge is 0.344 e. The number of halogens is 4. The lowest BCUT2D eigenvalue weighted by Gasteiger charge is -2.16. The zero-order valence-electron chi connectivity index (χ0n) is 21.5. The van der Waals surface area contributed by atoms with Crippen molar-refractivity contribution in [3.63, 3.8) is 0 Å². The van der Waals surface area contributed by atoms with Crippen LogP contribution >= 0.6 is 0 Å². The third-order valence-electron chi connectivity index (χ3n) is 6.37. The summed E-state index contributed by atoms with van der Waals surface area (Å²) in [6, 6.07) is 6.39. The Hall–Kier alpha value is -3.22. The van der Waals surface area contributed by atoms with Gasteiger partial charge in [-0.1, -0.05) is 37.1 Å². The molecular formula is C30H35F4N3. The van der Waals surface area contributed by atoms with Gasteiger partial charge >= 0.3 is 6.18 Å². The second-order valence-electron chi connectivity index (χ2n) is 9.32. The monoisotopic (exact) mass is 513 g/mol. The Morgan fingerprint density at radius 1 is 1.14 bits per heavy atom. The highest BCUT2D eigenvalue weighted by Gasteiger charge is 2.31. The average molecular weight is 514 g/mol. The molecule has 0 saturated heterocycles. The van der Waals surface area contributed by atoms with Gasteiger partial charge in [0.05, 0.1) is 5.56 Å². The van der Waals surface area contributed by atoms with Gasteiger partial charge in [-0.25, -0.2) is 9.38 Å². The number of pyridine rings is 1. The van der Waals surface area contributed by atoms with Crippen molar-refractivity contribution in [2.45, 2.75) is 71.4 Å². The molecule has 0 aliphatic heterocycles. The molecule has 3 nitrogen and oxygen atoms in total. The molecule has 37 heavy (non-hydrogen) atoms. The van der Waals surface area contributed by atoms with Gasteiger partial charge in [-0.2, -0.15) is 13.2 Å². The van der Waals surface area contributed by atoms with Gasteiger partial charge in [-0.05, 0) is 99.8 Å². The van der Waals surface area contributed by atoms with E-state index in [0.29, 0.717) is 11.8 Å². The van der Waals surface area contributed by atoms with Crippen molar-refractivity contribution in [3.05, 3.63) is 95.2 Å². The first kappa shape index (κ1) is 28.4. The van der Waals surface area contributed by atoms with Crippen molar-refractivity contribution in [2.75, 3.05) is 0 Å². The Bertz CT molecular complexity index is 1130. The Morgan fingerprint density at radius 2 is 1.92 bits per heavy atom. The van der Waals surface area contributed by atoms with Gasteiger partial charge in [0.25, 0.3) is 0 Å². The maximum absolute atomic E-state index is 14.3. The van der Waals surface area contributed by atoms with Crippen molar-refractivity contribution in [2.24, 2.45) is 10.9 Å². The van der Waals surface area contributed by atoms with Crippen molar-refractivity contribution in [1.29, 1.82) is 0 Å². The van der Waals surface area contributed by atoms with E-state index in [1.165, 1.54) is 11.1 Å². The summed E-state index contributed by atoms with van der Waals surface area (Å²) in [5.41, 5.74) is 2.45. The van der Waals surface area contributed by atoms with Crippen LogP contribution in [0.1, 0.15) is 69.9 Å². The normalized spacial score (nSPS) is 17.6. The SMILES string of the molecule is C/C=C\C(=Nc1cc(C(F)(F)F)ccc1F)N/C(=C/C1CCC=C(CCc2ccncc2)CC1)CCC. The first-order chi connectivity index (χ1) is 17.8. The van der Waals surface area contributed by atoms with Crippen LogP contribution in [-0.4, -0.2) is 10.8 Å². The Labute approximate surface area is 217 Å². The van der Waals surface area contributed by atoms with E-state index in [-0.39, 0.29) is 5.69 Å². The zero-order chi connectivity index (χ0) is 26.7. The molecule has 1 unspecified atom stereocenters. The minimum Gasteiger partial charge on any atom is -0.344 e. The lowest BCUT2D eigenvalue weighted by atomic mass is 9.95. The summed E-state index contributed by atoms with van der Waals surface area (Å²) in [5.74, 6) is -0.113. The molecule has 1 N–H and O–H groups in total. The number of benzene rings is 1. The van der Waals surface area contributed by atoms with Crippen LogP contribution in [0.25, 0.3) is 0 Å². The number of aliphatic imine (C=N–C) groups is 1. The van der Waals surface area contributed by atoms with Crippen molar-refractivity contribution >= 4 is 11.5 Å². The van der Waals surface area contributed by atoms with E-state index in [4.69, 9.17) is 0 Å². The molecule has 1 aromatic heterocycles. The number of nitrogens with one attached hydrogen (secondary N) is 1. The van der Waals surface area contributed by atoms with E-state index in [9.17, 15) is 17.6 Å². The molecule has 1 aliphatic rings. The predicted octanol–water partition coefficient (Wildman–Crippen LogP) is 8.87. The summed E-state index contributed by atoms with van der Waals surface area (Å²) < 4.78 is 53.7. The van der Waals surface area contributed by atoms with E-state index in [2.05, 4.69) is 46.5 Å². The number of aromatic nitrogens is 1. The number of alkyl halides is 3. The van der Waals surface area contributed by atoms with Gasteiger partial charge in [-0.15, -0.1) is 0 Å². The summed E-state index contributed by atoms with van der Waals surface area (Å²) in [7, 11) is 0. The molecule has 0 radical (unpaired) electrons. The fraction of sp³-hybridized carbons (Fsp3) is 0.400. The maximum Gasteiger partial charge on any atom is 0.416 e. The topological polar surface area (TPSA) is 37.3 Å². The van der Waals surface area contributed by atoms with Crippen LogP contribution in [-0.2, 0) is 12.6 Å². The predicted molar refractivity (Wildman–Crippen MR) is 142 cm³/mol. The molecule has 1 atom stereocenters. The second-order valence-corrected chi connectivity index (χ2v) is 9.32. The van der Waals surface area contributed by atoms with E-state index in [1.807, 2.05) is 12.4 Å². The van der Waals surface area contributed by atoms with E-state index >= 15 is 0 Å². The summed E-state index contributed by atoms with van der Waals surface area (Å²) in [6.07, 6.45) is 14.9. The zero-order valence-corrected chi connectivity index (χ0v) is 21.5. The van der Waals surface area contributed by atoms with Crippen LogP contribution in [0.5, 0.6) is 0 Å². The quantitative estimate of drug-likeness (QED) is 0.157. The lowest BCUT2D eigenvalue weighted by Crippen LogP contribution is -2.22. The van der Waals surface area contributed by atoms with Gasteiger partial charge in [0.15, 0.2) is 0 Å². The fourth-order valence-electron chi connectivity index (χ4n) is 4.44. The minimum absolute atomic E-state index is 0.310. The molecule has 198 valence electrons. The molecule has 0 amide bonds. The fourth-order valence-corrected chi connectivity index (χ4v) is 4.44. The molecule has 3 rings (SSSR count). The first-order valence-electron chi connectivity index (χ1n) is 12.9. The summed E-state index contributed by atoms with van der Waals surface area (Å²) in [6.45, 7) is 3.85. The van der Waals surface area contributed by atoms with Crippen molar-refractivity contribution in [1.82, 2.24) is 10.3 Å². The Kier molecular flexibility index (Phi) is 10.7. The molecule has 0 fully saturated rings. The van der Waals surface area contributed by atoms with Crippen LogP contribution in [0, 0.1) is 11.7 Å². The molecule has 7 heteroatoms. The number of allylic oxidation sites excluding steroid dienone is 5. The summed E-state index contributed by atoms with van der Waals surface area (Å²) in [4.78, 5) is 8.29. The van der Waals surface area contributed by atoms with Gasteiger partial charge in [0.1, 0.15) is 17.3 Å². The van der Waals surface area contributed by atoms with Crippen LogP contribution in [0.3, 0.4) is 0 Å². The molecule has 1 aliphatic carbocycles. The van der Waals surface area contributed by atoms with Crippen LogP contribution in [0.15, 0.2) is 83.3 Å². The largest absolute Gasteiger partial charge is 0.416 e. The number of hydrogen-bond donors (Lipinski definition) is 1. The molecule has 1 aromatic carbocycles. The summed E-state index contributed by atoms with van der Waals surface area (Å²) in [5, 5.41) is 3.27. The van der Waals surface area contributed by atoms with Gasteiger partial charge < -0.3 is 5.32 Å². The minimum atomic E-state index is -4.57. The highest BCUT2D eigenvalue weighted by atomic mass is 19.4. The third kappa shape index (κ3) is 9.30. The summed E-state index contributed by atoms with van der Waals surface area (Å²) >= 11 is 0.